The van der Waals surface area contributed by atoms with E-state index in [9.17, 15) is 0 Å². The molecular formula is C34H41N7O2SSi. The molecule has 6 aromatic rings. The van der Waals surface area contributed by atoms with Crippen LogP contribution in [0.3, 0.4) is 0 Å². The average molecular weight is 640 g/mol. The number of benzene rings is 2. The first-order chi connectivity index (χ1) is 21.7. The number of ether oxygens (including phenoxy) is 2. The summed E-state index contributed by atoms with van der Waals surface area (Å²) in [6.45, 7) is 9.78. The molecule has 45 heavy (non-hydrogen) atoms. The average Bonchev–Trinajstić information content (AvgIpc) is 3.73. The van der Waals surface area contributed by atoms with Gasteiger partial charge >= 0.3 is 0 Å². The Morgan fingerprint density at radius 1 is 1.02 bits per heavy atom. The van der Waals surface area contributed by atoms with E-state index in [4.69, 9.17) is 19.6 Å². The highest BCUT2D eigenvalue weighted by atomic mass is 32.1. The van der Waals surface area contributed by atoms with E-state index in [1.54, 1.807) is 29.7 Å². The molecule has 0 saturated heterocycles. The van der Waals surface area contributed by atoms with Crippen LogP contribution in [0.25, 0.3) is 53.6 Å². The fourth-order valence-electron chi connectivity index (χ4n) is 5.41. The van der Waals surface area contributed by atoms with Crippen molar-refractivity contribution < 1.29 is 9.47 Å². The van der Waals surface area contributed by atoms with E-state index >= 15 is 0 Å². The van der Waals surface area contributed by atoms with Crippen LogP contribution in [0.2, 0.25) is 25.7 Å². The molecule has 0 aliphatic rings. The topological polar surface area (TPSA) is 82.6 Å². The monoisotopic (exact) mass is 639 g/mol. The Balaban J connectivity index is 1.49. The SMILES string of the molecule is COCCCn1cc(-c2cc(-c3cc4ccccc4s3)c3c(cnn3COCC[Si](C)(C)C)c2)c2nc(C=NN(C)C)ncc21. The van der Waals surface area contributed by atoms with Crippen LogP contribution in [-0.4, -0.2) is 78.0 Å². The second kappa shape index (κ2) is 13.2. The molecule has 0 atom stereocenters. The van der Waals surface area contributed by atoms with Crippen molar-refractivity contribution in [3.63, 3.8) is 0 Å². The van der Waals surface area contributed by atoms with Crippen molar-refractivity contribution in [2.75, 3.05) is 34.4 Å². The van der Waals surface area contributed by atoms with Crippen LogP contribution in [0.4, 0.5) is 0 Å². The Morgan fingerprint density at radius 2 is 1.87 bits per heavy atom. The maximum atomic E-state index is 6.18. The van der Waals surface area contributed by atoms with E-state index in [1.807, 2.05) is 31.2 Å². The number of fused-ring (bicyclic) bond motifs is 3. The first-order valence-corrected chi connectivity index (χ1v) is 19.9. The number of methoxy groups -OCH3 is 1. The molecule has 9 nitrogen and oxygen atoms in total. The van der Waals surface area contributed by atoms with Gasteiger partial charge in [-0.15, -0.1) is 11.3 Å². The van der Waals surface area contributed by atoms with Crippen LogP contribution >= 0.6 is 11.3 Å². The normalized spacial score (nSPS) is 12.4. The lowest BCUT2D eigenvalue weighted by Gasteiger charge is -2.16. The molecule has 0 saturated carbocycles. The number of hydrogen-bond donors (Lipinski definition) is 0. The summed E-state index contributed by atoms with van der Waals surface area (Å²) in [6.07, 6.45) is 8.64. The molecular weight excluding hydrogens is 599 g/mol. The lowest BCUT2D eigenvalue weighted by atomic mass is 10.0. The van der Waals surface area contributed by atoms with Crippen molar-refractivity contribution >= 4 is 57.6 Å². The van der Waals surface area contributed by atoms with Gasteiger partial charge in [0.15, 0.2) is 5.82 Å². The van der Waals surface area contributed by atoms with Gasteiger partial charge in [-0.1, -0.05) is 37.8 Å². The predicted octanol–water partition coefficient (Wildman–Crippen LogP) is 7.57. The van der Waals surface area contributed by atoms with Crippen LogP contribution in [0.5, 0.6) is 0 Å². The standard InChI is InChI=1S/C34H41N7O2SSi/c1-39(2)36-21-32-35-20-29-33(38-32)28(22-40(29)12-9-13-42-3)25-16-26-19-37-41(23-43-14-15-45(4,5)6)34(26)27(17-25)31-18-24-10-7-8-11-30(24)44-31/h7-8,10-11,16-22H,9,12-15,23H2,1-6H3. The van der Waals surface area contributed by atoms with Gasteiger partial charge in [0.25, 0.3) is 0 Å². The summed E-state index contributed by atoms with van der Waals surface area (Å²) < 4.78 is 17.0. The zero-order valence-corrected chi connectivity index (χ0v) is 28.8. The van der Waals surface area contributed by atoms with Crippen LogP contribution < -0.4 is 0 Å². The summed E-state index contributed by atoms with van der Waals surface area (Å²) in [6, 6.07) is 16.5. The number of aromatic nitrogens is 5. The van der Waals surface area contributed by atoms with Crippen molar-refractivity contribution in [3.05, 3.63) is 66.9 Å². The Morgan fingerprint density at radius 3 is 2.64 bits per heavy atom. The second-order valence-electron chi connectivity index (χ2n) is 12.7. The summed E-state index contributed by atoms with van der Waals surface area (Å²) in [4.78, 5) is 10.8. The molecule has 0 amide bonds. The largest absolute Gasteiger partial charge is 0.385 e. The molecule has 0 unspecified atom stereocenters. The van der Waals surface area contributed by atoms with Gasteiger partial charge in [-0.05, 0) is 47.7 Å². The van der Waals surface area contributed by atoms with Gasteiger partial charge in [-0.3, -0.25) is 0 Å². The molecule has 2 aromatic carbocycles. The van der Waals surface area contributed by atoms with Crippen LogP contribution in [0.1, 0.15) is 12.2 Å². The van der Waals surface area contributed by atoms with E-state index < -0.39 is 8.07 Å². The molecule has 11 heteroatoms. The maximum absolute atomic E-state index is 6.18. The third kappa shape index (κ3) is 7.01. The minimum Gasteiger partial charge on any atom is -0.385 e. The first-order valence-electron chi connectivity index (χ1n) is 15.3. The van der Waals surface area contributed by atoms with Crippen molar-refractivity contribution in [1.82, 2.24) is 29.3 Å². The third-order valence-corrected chi connectivity index (χ3v) is 10.6. The number of thiophene rings is 1. The van der Waals surface area contributed by atoms with E-state index in [-0.39, 0.29) is 0 Å². The number of aryl methyl sites for hydroxylation is 1. The molecule has 0 aliphatic carbocycles. The van der Waals surface area contributed by atoms with Gasteiger partial charge in [-0.2, -0.15) is 10.2 Å². The fraction of sp³-hybridized carbons (Fsp3) is 0.353. The number of hydrazone groups is 1. The minimum atomic E-state index is -1.19. The predicted molar refractivity (Wildman–Crippen MR) is 189 cm³/mol. The molecule has 0 radical (unpaired) electrons. The molecule has 6 rings (SSSR count). The molecule has 0 spiro atoms. The lowest BCUT2D eigenvalue weighted by Crippen LogP contribution is -2.22. The van der Waals surface area contributed by atoms with Crippen LogP contribution in [0.15, 0.2) is 66.2 Å². The van der Waals surface area contributed by atoms with Gasteiger partial charge in [0, 0.05) is 81.3 Å². The zero-order valence-electron chi connectivity index (χ0n) is 26.9. The van der Waals surface area contributed by atoms with E-state index in [2.05, 4.69) is 83.0 Å². The van der Waals surface area contributed by atoms with Crippen molar-refractivity contribution in [3.8, 4) is 21.6 Å². The van der Waals surface area contributed by atoms with E-state index in [0.717, 1.165) is 64.2 Å². The molecule has 234 valence electrons. The highest BCUT2D eigenvalue weighted by Gasteiger charge is 2.20. The molecule has 0 aliphatic heterocycles. The molecule has 0 bridgehead atoms. The van der Waals surface area contributed by atoms with Crippen LogP contribution in [-0.2, 0) is 22.7 Å². The van der Waals surface area contributed by atoms with Gasteiger partial charge in [0.2, 0.25) is 0 Å². The van der Waals surface area contributed by atoms with Gasteiger partial charge in [0.1, 0.15) is 12.2 Å². The van der Waals surface area contributed by atoms with Crippen molar-refractivity contribution in [2.24, 2.45) is 5.10 Å². The number of hydrogen-bond acceptors (Lipinski definition) is 8. The van der Waals surface area contributed by atoms with E-state index in [1.165, 1.54) is 15.0 Å². The Hall–Kier alpha value is -3.90. The van der Waals surface area contributed by atoms with Gasteiger partial charge in [0.05, 0.1) is 29.6 Å². The summed E-state index contributed by atoms with van der Waals surface area (Å²) in [7, 11) is 4.31. The number of nitrogens with zero attached hydrogens (tertiary/aromatic N) is 7. The Bertz CT molecular complexity index is 1940. The Labute approximate surface area is 269 Å². The Kier molecular flexibility index (Phi) is 9.13. The van der Waals surface area contributed by atoms with Gasteiger partial charge < -0.3 is 19.0 Å². The first kappa shape index (κ1) is 31.1. The van der Waals surface area contributed by atoms with E-state index in [0.29, 0.717) is 19.2 Å². The lowest BCUT2D eigenvalue weighted by molar-refractivity contribution is 0.0817. The van der Waals surface area contributed by atoms with Crippen molar-refractivity contribution in [2.45, 2.75) is 45.4 Å². The fourth-order valence-corrected chi connectivity index (χ4v) is 7.24. The number of rotatable bonds is 13. The zero-order chi connectivity index (χ0) is 31.6. The molecule has 4 heterocycles. The smallest absolute Gasteiger partial charge is 0.173 e. The summed E-state index contributed by atoms with van der Waals surface area (Å²) in [5.41, 5.74) is 6.23. The molecule has 4 aromatic heterocycles. The van der Waals surface area contributed by atoms with Crippen LogP contribution in [0, 0.1) is 0 Å². The second-order valence-corrected chi connectivity index (χ2v) is 19.4. The summed E-state index contributed by atoms with van der Waals surface area (Å²) in [5, 5.41) is 13.2. The summed E-state index contributed by atoms with van der Waals surface area (Å²) >= 11 is 1.80. The quantitative estimate of drug-likeness (QED) is 0.0561. The minimum absolute atomic E-state index is 0.422. The molecule has 0 N–H and O–H groups in total. The maximum Gasteiger partial charge on any atom is 0.173 e. The van der Waals surface area contributed by atoms with Crippen molar-refractivity contribution in [1.29, 1.82) is 0 Å². The highest BCUT2D eigenvalue weighted by Crippen LogP contribution is 2.41. The summed E-state index contributed by atoms with van der Waals surface area (Å²) in [5.74, 6) is 0.571. The third-order valence-electron chi connectivity index (χ3n) is 7.73. The molecule has 0 fully saturated rings. The highest BCUT2D eigenvalue weighted by molar-refractivity contribution is 7.22. The van der Waals surface area contributed by atoms with Gasteiger partial charge in [-0.25, -0.2) is 14.6 Å².